The molecule has 1 aromatic rings. The van der Waals surface area contributed by atoms with Crippen molar-refractivity contribution in [2.45, 2.75) is 52.1 Å². The molecule has 0 unspecified atom stereocenters. The molecule has 0 atom stereocenters. The highest BCUT2D eigenvalue weighted by atomic mass is 16.5. The van der Waals surface area contributed by atoms with Crippen LogP contribution in [-0.2, 0) is 16.1 Å². The van der Waals surface area contributed by atoms with Crippen LogP contribution in [0, 0.1) is 5.92 Å². The van der Waals surface area contributed by atoms with E-state index in [2.05, 4.69) is 10.6 Å². The number of methoxy groups -OCH3 is 1. The number of benzene rings is 1. The molecule has 0 heterocycles. The Hall–Kier alpha value is -2.28. The van der Waals surface area contributed by atoms with Crippen LogP contribution in [0.4, 0.5) is 16.2 Å². The van der Waals surface area contributed by atoms with Crippen LogP contribution in [0.25, 0.3) is 0 Å². The van der Waals surface area contributed by atoms with Gasteiger partial charge in [-0.15, -0.1) is 0 Å². The largest absolute Gasteiger partial charge is 0.383 e. The first-order valence-corrected chi connectivity index (χ1v) is 10.3. The molecule has 1 aliphatic rings. The Morgan fingerprint density at radius 3 is 2.41 bits per heavy atom. The second-order valence-electron chi connectivity index (χ2n) is 8.95. The number of hydrogen-bond donors (Lipinski definition) is 2. The van der Waals surface area contributed by atoms with Crippen molar-refractivity contribution in [1.29, 1.82) is 0 Å². The van der Waals surface area contributed by atoms with Crippen LogP contribution in [-0.4, -0.2) is 56.7 Å². The van der Waals surface area contributed by atoms with E-state index in [1.165, 1.54) is 0 Å². The second-order valence-corrected chi connectivity index (χ2v) is 8.95. The number of carbonyl (C=O) groups excluding carboxylic acids is 2. The lowest BCUT2D eigenvalue weighted by atomic mass is 9.85. The van der Waals surface area contributed by atoms with Crippen molar-refractivity contribution in [3.8, 4) is 0 Å². The molecule has 0 spiro atoms. The Morgan fingerprint density at radius 2 is 1.90 bits per heavy atom. The van der Waals surface area contributed by atoms with Crippen molar-refractivity contribution in [3.63, 3.8) is 0 Å². The van der Waals surface area contributed by atoms with Crippen molar-refractivity contribution in [2.75, 3.05) is 44.6 Å². The van der Waals surface area contributed by atoms with E-state index in [4.69, 9.17) is 4.74 Å². The standard InChI is InChI=1S/C22H36N4O3/c1-22(2,3)24-21(28)26(12-13-29-6)15-17-14-18(10-11-19(17)25(4)5)23-20(27)16-8-7-9-16/h10-11,14,16H,7-9,12-13,15H2,1-6H3,(H,23,27)(H,24,28). The number of carbonyl (C=O) groups is 2. The predicted octanol–water partition coefficient (Wildman–Crippen LogP) is 3.45. The third kappa shape index (κ3) is 6.92. The van der Waals surface area contributed by atoms with Crippen LogP contribution < -0.4 is 15.5 Å². The summed E-state index contributed by atoms with van der Waals surface area (Å²) >= 11 is 0. The van der Waals surface area contributed by atoms with Gasteiger partial charge in [0, 0.05) is 57.1 Å². The molecule has 7 heteroatoms. The summed E-state index contributed by atoms with van der Waals surface area (Å²) < 4.78 is 5.20. The topological polar surface area (TPSA) is 73.9 Å². The van der Waals surface area contributed by atoms with E-state index in [9.17, 15) is 9.59 Å². The van der Waals surface area contributed by atoms with Gasteiger partial charge in [0.25, 0.3) is 0 Å². The van der Waals surface area contributed by atoms with Gasteiger partial charge in [-0.25, -0.2) is 4.79 Å². The third-order valence-corrected chi connectivity index (χ3v) is 5.00. The summed E-state index contributed by atoms with van der Waals surface area (Å²) in [6.07, 6.45) is 3.05. The van der Waals surface area contributed by atoms with Gasteiger partial charge in [-0.3, -0.25) is 4.79 Å². The highest BCUT2D eigenvalue weighted by Gasteiger charge is 2.26. The molecule has 1 saturated carbocycles. The summed E-state index contributed by atoms with van der Waals surface area (Å²) in [6.45, 7) is 7.23. The fraction of sp³-hybridized carbons (Fsp3) is 0.636. The Labute approximate surface area is 174 Å². The molecule has 2 N–H and O–H groups in total. The molecule has 1 fully saturated rings. The number of nitrogens with zero attached hydrogens (tertiary/aromatic N) is 2. The molecule has 0 aliphatic heterocycles. The molecule has 2 rings (SSSR count). The summed E-state index contributed by atoms with van der Waals surface area (Å²) in [5.74, 6) is 0.212. The Balaban J connectivity index is 2.23. The maximum Gasteiger partial charge on any atom is 0.318 e. The smallest absolute Gasteiger partial charge is 0.318 e. The number of ether oxygens (including phenoxy) is 1. The van der Waals surface area contributed by atoms with Crippen LogP contribution in [0.2, 0.25) is 0 Å². The molecule has 0 saturated heterocycles. The molecule has 162 valence electrons. The van der Waals surface area contributed by atoms with E-state index < -0.39 is 0 Å². The molecule has 1 aromatic carbocycles. The number of urea groups is 1. The first kappa shape index (κ1) is 23.0. The zero-order chi connectivity index (χ0) is 21.6. The van der Waals surface area contributed by atoms with Gasteiger partial charge < -0.3 is 25.2 Å². The lowest BCUT2D eigenvalue weighted by Gasteiger charge is -2.30. The minimum absolute atomic E-state index is 0.0847. The maximum atomic E-state index is 12.8. The van der Waals surface area contributed by atoms with Crippen molar-refractivity contribution < 1.29 is 14.3 Å². The monoisotopic (exact) mass is 404 g/mol. The highest BCUT2D eigenvalue weighted by Crippen LogP contribution is 2.29. The van der Waals surface area contributed by atoms with E-state index in [0.29, 0.717) is 19.7 Å². The number of anilines is 2. The molecule has 7 nitrogen and oxygen atoms in total. The number of amides is 3. The Morgan fingerprint density at radius 1 is 1.21 bits per heavy atom. The summed E-state index contributed by atoms with van der Waals surface area (Å²) in [5.41, 5.74) is 2.43. The first-order chi connectivity index (χ1) is 13.6. The van der Waals surface area contributed by atoms with E-state index in [1.54, 1.807) is 12.0 Å². The van der Waals surface area contributed by atoms with Gasteiger partial charge in [-0.2, -0.15) is 0 Å². The number of hydrogen-bond acceptors (Lipinski definition) is 4. The van der Waals surface area contributed by atoms with Gasteiger partial charge in [0.1, 0.15) is 0 Å². The summed E-state index contributed by atoms with van der Waals surface area (Å²) in [7, 11) is 5.57. The summed E-state index contributed by atoms with van der Waals surface area (Å²) in [5, 5.41) is 6.06. The van der Waals surface area contributed by atoms with E-state index in [1.807, 2.05) is 58.0 Å². The average Bonchev–Trinajstić information content (AvgIpc) is 2.55. The van der Waals surface area contributed by atoms with Crippen LogP contribution in [0.3, 0.4) is 0 Å². The Bertz CT molecular complexity index is 708. The van der Waals surface area contributed by atoms with Crippen LogP contribution in [0.15, 0.2) is 18.2 Å². The van der Waals surface area contributed by atoms with Gasteiger partial charge in [0.05, 0.1) is 6.61 Å². The van der Waals surface area contributed by atoms with Gasteiger partial charge >= 0.3 is 6.03 Å². The minimum atomic E-state index is -0.328. The molecule has 0 radical (unpaired) electrons. The normalized spacial score (nSPS) is 14.1. The van der Waals surface area contributed by atoms with Gasteiger partial charge in [-0.05, 0) is 57.4 Å². The van der Waals surface area contributed by atoms with Crippen LogP contribution >= 0.6 is 0 Å². The van der Waals surface area contributed by atoms with Crippen molar-refractivity contribution in [1.82, 2.24) is 10.2 Å². The molecule has 3 amide bonds. The Kier molecular flexibility index (Phi) is 7.90. The fourth-order valence-corrected chi connectivity index (χ4v) is 3.20. The molecule has 0 bridgehead atoms. The van der Waals surface area contributed by atoms with Gasteiger partial charge in [-0.1, -0.05) is 6.42 Å². The fourth-order valence-electron chi connectivity index (χ4n) is 3.20. The van der Waals surface area contributed by atoms with Gasteiger partial charge in [0.15, 0.2) is 0 Å². The lowest BCUT2D eigenvalue weighted by molar-refractivity contribution is -0.122. The van der Waals surface area contributed by atoms with E-state index in [0.717, 1.165) is 36.2 Å². The van der Waals surface area contributed by atoms with Crippen LogP contribution in [0.1, 0.15) is 45.6 Å². The zero-order valence-corrected chi connectivity index (χ0v) is 18.7. The summed E-state index contributed by atoms with van der Waals surface area (Å²) in [6, 6.07) is 5.74. The quantitative estimate of drug-likeness (QED) is 0.696. The molecule has 0 aromatic heterocycles. The predicted molar refractivity (Wildman–Crippen MR) is 117 cm³/mol. The second kappa shape index (κ2) is 9.96. The minimum Gasteiger partial charge on any atom is -0.383 e. The zero-order valence-electron chi connectivity index (χ0n) is 18.7. The van der Waals surface area contributed by atoms with Crippen molar-refractivity contribution >= 4 is 23.3 Å². The molecular formula is C22H36N4O3. The molecule has 29 heavy (non-hydrogen) atoms. The van der Waals surface area contributed by atoms with E-state index in [-0.39, 0.29) is 23.4 Å². The average molecular weight is 405 g/mol. The molecule has 1 aliphatic carbocycles. The van der Waals surface area contributed by atoms with Crippen molar-refractivity contribution in [2.24, 2.45) is 5.92 Å². The number of rotatable bonds is 8. The van der Waals surface area contributed by atoms with Crippen molar-refractivity contribution in [3.05, 3.63) is 23.8 Å². The molecular weight excluding hydrogens is 368 g/mol. The SMILES string of the molecule is COCCN(Cc1cc(NC(=O)C2CCC2)ccc1N(C)C)C(=O)NC(C)(C)C. The van der Waals surface area contributed by atoms with E-state index >= 15 is 0 Å². The van der Waals surface area contributed by atoms with Gasteiger partial charge in [0.2, 0.25) is 5.91 Å². The van der Waals surface area contributed by atoms with Crippen LogP contribution in [0.5, 0.6) is 0 Å². The third-order valence-electron chi connectivity index (χ3n) is 5.00. The highest BCUT2D eigenvalue weighted by molar-refractivity contribution is 5.93. The number of nitrogens with one attached hydrogen (secondary N) is 2. The first-order valence-electron chi connectivity index (χ1n) is 10.3. The summed E-state index contributed by atoms with van der Waals surface area (Å²) in [4.78, 5) is 28.9. The lowest BCUT2D eigenvalue weighted by Crippen LogP contribution is -2.49. The maximum absolute atomic E-state index is 12.8.